The summed E-state index contributed by atoms with van der Waals surface area (Å²) in [5, 5.41) is 12.0. The molecule has 16 heavy (non-hydrogen) atoms. The lowest BCUT2D eigenvalue weighted by atomic mass is 10.1. The lowest BCUT2D eigenvalue weighted by Crippen LogP contribution is -2.01. The molecule has 1 heterocycles. The normalized spacial score (nSPS) is 11.0. The van der Waals surface area contributed by atoms with E-state index in [1.807, 2.05) is 0 Å². The molecule has 1 radical (unpaired) electrons. The van der Waals surface area contributed by atoms with Crippen molar-refractivity contribution in [1.82, 2.24) is 0 Å². The summed E-state index contributed by atoms with van der Waals surface area (Å²) >= 11 is 0. The number of rotatable bonds is 0. The van der Waals surface area contributed by atoms with Crippen LogP contribution in [-0.2, 0) is 5.11 Å². The predicted molar refractivity (Wildman–Crippen MR) is 60.1 cm³/mol. The van der Waals surface area contributed by atoms with E-state index in [9.17, 15) is 9.90 Å². The quantitative estimate of drug-likeness (QED) is 0.536. The summed E-state index contributed by atoms with van der Waals surface area (Å²) in [6, 6.07) is 11.2. The maximum atomic E-state index is 12.0. The fourth-order valence-electron chi connectivity index (χ4n) is 1.78. The molecule has 0 aliphatic heterocycles. The van der Waals surface area contributed by atoms with Crippen LogP contribution in [0.2, 0.25) is 0 Å². The molecule has 0 N–H and O–H groups in total. The van der Waals surface area contributed by atoms with Gasteiger partial charge < -0.3 is 4.42 Å². The van der Waals surface area contributed by atoms with Gasteiger partial charge in [-0.15, -0.1) is 0 Å². The van der Waals surface area contributed by atoms with Crippen molar-refractivity contribution in [1.29, 1.82) is 0 Å². The van der Waals surface area contributed by atoms with Crippen LogP contribution in [0.5, 0.6) is 5.75 Å². The molecule has 0 aliphatic rings. The van der Waals surface area contributed by atoms with Crippen LogP contribution in [0.1, 0.15) is 0 Å². The van der Waals surface area contributed by atoms with E-state index in [1.165, 1.54) is 18.2 Å². The van der Waals surface area contributed by atoms with Crippen LogP contribution in [0.15, 0.2) is 51.7 Å². The topological polar surface area (TPSA) is 50.1 Å². The Hall–Kier alpha value is -2.29. The van der Waals surface area contributed by atoms with Gasteiger partial charge in [-0.25, -0.2) is 0 Å². The van der Waals surface area contributed by atoms with Crippen molar-refractivity contribution in [3.8, 4) is 5.75 Å². The molecule has 0 aliphatic carbocycles. The molecule has 0 amide bonds. The van der Waals surface area contributed by atoms with Crippen LogP contribution in [0.4, 0.5) is 0 Å². The standard InChI is InChI=1S/C13H7O3/c14-8-5-6-12-10(7-8)13(15)9-3-1-2-4-11(9)16-12/h1-7H. The smallest absolute Gasteiger partial charge is 0.200 e. The summed E-state index contributed by atoms with van der Waals surface area (Å²) in [5.74, 6) is -0.185. The Morgan fingerprint density at radius 2 is 1.62 bits per heavy atom. The molecule has 0 atom stereocenters. The van der Waals surface area contributed by atoms with E-state index < -0.39 is 0 Å². The van der Waals surface area contributed by atoms with Crippen LogP contribution in [-0.4, -0.2) is 0 Å². The highest BCUT2D eigenvalue weighted by Gasteiger charge is 2.07. The SMILES string of the molecule is [O]c1ccc2oc3ccccc3c(=O)c2c1. The van der Waals surface area contributed by atoms with Gasteiger partial charge in [-0.3, -0.25) is 9.90 Å². The second kappa shape index (κ2) is 3.10. The summed E-state index contributed by atoms with van der Waals surface area (Å²) in [5.41, 5.74) is 0.830. The highest BCUT2D eigenvalue weighted by Crippen LogP contribution is 2.21. The molecule has 0 fully saturated rings. The molecule has 77 valence electrons. The number of hydrogen-bond donors (Lipinski definition) is 0. The van der Waals surface area contributed by atoms with Gasteiger partial charge in [0.2, 0.25) is 5.43 Å². The Bertz CT molecular complexity index is 741. The van der Waals surface area contributed by atoms with Crippen LogP contribution in [0.25, 0.3) is 21.9 Å². The third-order valence-electron chi connectivity index (χ3n) is 2.55. The lowest BCUT2D eigenvalue weighted by molar-refractivity contribution is 0.355. The van der Waals surface area contributed by atoms with Gasteiger partial charge in [0.15, 0.2) is 5.75 Å². The first-order valence-electron chi connectivity index (χ1n) is 4.88. The Morgan fingerprint density at radius 1 is 0.875 bits per heavy atom. The zero-order valence-electron chi connectivity index (χ0n) is 8.27. The first kappa shape index (κ1) is 8.97. The maximum absolute atomic E-state index is 12.0. The zero-order valence-corrected chi connectivity index (χ0v) is 8.27. The van der Waals surface area contributed by atoms with Crippen LogP contribution in [0, 0.1) is 0 Å². The van der Waals surface area contributed by atoms with Crippen LogP contribution < -0.4 is 5.43 Å². The van der Waals surface area contributed by atoms with Gasteiger partial charge >= 0.3 is 0 Å². The molecule has 3 aromatic rings. The molecule has 3 nitrogen and oxygen atoms in total. The number of para-hydroxylation sites is 1. The minimum Gasteiger partial charge on any atom is -0.456 e. The Morgan fingerprint density at radius 3 is 2.50 bits per heavy atom. The van der Waals surface area contributed by atoms with Crippen LogP contribution in [0.3, 0.4) is 0 Å². The molecule has 0 saturated carbocycles. The Kier molecular flexibility index (Phi) is 1.74. The van der Waals surface area contributed by atoms with E-state index in [2.05, 4.69) is 0 Å². The minimum atomic E-state index is -0.185. The molecule has 3 heteroatoms. The fourth-order valence-corrected chi connectivity index (χ4v) is 1.78. The van der Waals surface area contributed by atoms with Gasteiger partial charge in [0.1, 0.15) is 11.2 Å². The van der Waals surface area contributed by atoms with E-state index in [0.29, 0.717) is 21.9 Å². The van der Waals surface area contributed by atoms with Gasteiger partial charge in [0.25, 0.3) is 0 Å². The molecule has 2 aromatic carbocycles. The molecule has 3 rings (SSSR count). The van der Waals surface area contributed by atoms with Crippen molar-refractivity contribution in [2.75, 3.05) is 0 Å². The number of hydrogen-bond acceptors (Lipinski definition) is 2. The van der Waals surface area contributed by atoms with Crippen molar-refractivity contribution in [3.05, 3.63) is 52.7 Å². The third-order valence-corrected chi connectivity index (χ3v) is 2.55. The summed E-state index contributed by atoms with van der Waals surface area (Å²) < 4.78 is 5.54. The van der Waals surface area contributed by atoms with Crippen molar-refractivity contribution in [2.24, 2.45) is 0 Å². The van der Waals surface area contributed by atoms with E-state index in [4.69, 9.17) is 4.42 Å². The molecular weight excluding hydrogens is 204 g/mol. The van der Waals surface area contributed by atoms with Gasteiger partial charge in [0, 0.05) is 6.07 Å². The molecule has 1 aromatic heterocycles. The number of benzene rings is 2. The van der Waals surface area contributed by atoms with Crippen LogP contribution >= 0.6 is 0 Å². The summed E-state index contributed by atoms with van der Waals surface area (Å²) in [6.07, 6.45) is 0. The fraction of sp³-hybridized carbons (Fsp3) is 0. The molecule has 0 unspecified atom stereocenters. The van der Waals surface area contributed by atoms with Gasteiger partial charge in [-0.05, 0) is 24.3 Å². The minimum absolute atomic E-state index is 0.158. The van der Waals surface area contributed by atoms with Crippen molar-refractivity contribution >= 4 is 21.9 Å². The number of fused-ring (bicyclic) bond motifs is 2. The zero-order chi connectivity index (χ0) is 11.1. The van der Waals surface area contributed by atoms with E-state index in [-0.39, 0.29) is 11.2 Å². The predicted octanol–water partition coefficient (Wildman–Crippen LogP) is 3.09. The second-order valence-corrected chi connectivity index (χ2v) is 3.59. The second-order valence-electron chi connectivity index (χ2n) is 3.59. The molecule has 0 saturated heterocycles. The summed E-state index contributed by atoms with van der Waals surface area (Å²) in [4.78, 5) is 12.0. The average Bonchev–Trinajstić information content (AvgIpc) is 2.31. The van der Waals surface area contributed by atoms with E-state index >= 15 is 0 Å². The first-order chi connectivity index (χ1) is 7.75. The maximum Gasteiger partial charge on any atom is 0.200 e. The summed E-state index contributed by atoms with van der Waals surface area (Å²) in [6.45, 7) is 0. The van der Waals surface area contributed by atoms with Crippen molar-refractivity contribution < 1.29 is 9.52 Å². The Labute approximate surface area is 90.6 Å². The summed E-state index contributed by atoms with van der Waals surface area (Å²) in [7, 11) is 0. The Balaban J connectivity index is 2.61. The molecule has 0 bridgehead atoms. The van der Waals surface area contributed by atoms with Crippen molar-refractivity contribution in [3.63, 3.8) is 0 Å². The highest BCUT2D eigenvalue weighted by atomic mass is 16.3. The van der Waals surface area contributed by atoms with Crippen molar-refractivity contribution in [2.45, 2.75) is 0 Å². The lowest BCUT2D eigenvalue weighted by Gasteiger charge is -2.00. The van der Waals surface area contributed by atoms with Gasteiger partial charge in [-0.2, -0.15) is 0 Å². The largest absolute Gasteiger partial charge is 0.456 e. The first-order valence-corrected chi connectivity index (χ1v) is 4.88. The van der Waals surface area contributed by atoms with E-state index in [0.717, 1.165) is 0 Å². The van der Waals surface area contributed by atoms with Gasteiger partial charge in [0.05, 0.1) is 10.8 Å². The van der Waals surface area contributed by atoms with Gasteiger partial charge in [-0.1, -0.05) is 12.1 Å². The third kappa shape index (κ3) is 1.18. The molecular formula is C13H7O3. The highest BCUT2D eigenvalue weighted by molar-refractivity contribution is 5.90. The molecule has 0 spiro atoms. The monoisotopic (exact) mass is 211 g/mol. The van der Waals surface area contributed by atoms with E-state index in [1.54, 1.807) is 24.3 Å². The average molecular weight is 211 g/mol.